The van der Waals surface area contributed by atoms with Crippen LogP contribution in [0.4, 0.5) is 4.39 Å². The summed E-state index contributed by atoms with van der Waals surface area (Å²) in [7, 11) is 0. The topological polar surface area (TPSA) is 54.6 Å². The molecule has 0 unspecified atom stereocenters. The van der Waals surface area contributed by atoms with Crippen LogP contribution in [0.2, 0.25) is 0 Å². The maximum atomic E-state index is 13.0. The molecule has 26 heavy (non-hydrogen) atoms. The monoisotopic (exact) mass is 350 g/mol. The van der Waals surface area contributed by atoms with Gasteiger partial charge in [0.2, 0.25) is 5.91 Å². The first kappa shape index (κ1) is 17.6. The normalized spacial score (nSPS) is 11.0. The van der Waals surface area contributed by atoms with Crippen molar-refractivity contribution >= 4 is 12.1 Å². The molecular formula is C21H19FN2O2. The Morgan fingerprint density at radius 3 is 2.62 bits per heavy atom. The number of nitrogens with zero attached hydrogens (tertiary/aromatic N) is 1. The molecule has 0 saturated heterocycles. The number of aryl methyl sites for hydroxylation is 2. The van der Waals surface area contributed by atoms with Gasteiger partial charge in [-0.3, -0.25) is 4.79 Å². The number of benzene rings is 2. The van der Waals surface area contributed by atoms with E-state index >= 15 is 0 Å². The SMILES string of the molecule is Cc1ccc(CC(=O)N/N=C/c2ccc(-c3ccc(F)cc3)o2)c(C)c1. The minimum atomic E-state index is -0.298. The summed E-state index contributed by atoms with van der Waals surface area (Å²) in [6, 6.07) is 15.5. The minimum Gasteiger partial charge on any atom is -0.455 e. The van der Waals surface area contributed by atoms with Crippen LogP contribution in [0, 0.1) is 19.7 Å². The van der Waals surface area contributed by atoms with E-state index in [-0.39, 0.29) is 18.1 Å². The van der Waals surface area contributed by atoms with Crippen LogP contribution < -0.4 is 5.43 Å². The molecule has 5 heteroatoms. The van der Waals surface area contributed by atoms with Gasteiger partial charge in [-0.25, -0.2) is 9.82 Å². The summed E-state index contributed by atoms with van der Waals surface area (Å²) in [5.41, 5.74) is 6.49. The fraction of sp³-hybridized carbons (Fsp3) is 0.143. The molecule has 1 heterocycles. The summed E-state index contributed by atoms with van der Waals surface area (Å²) < 4.78 is 18.6. The van der Waals surface area contributed by atoms with Gasteiger partial charge in [-0.2, -0.15) is 5.10 Å². The van der Waals surface area contributed by atoms with E-state index in [2.05, 4.69) is 10.5 Å². The molecule has 1 amide bonds. The van der Waals surface area contributed by atoms with Gasteiger partial charge in [0.1, 0.15) is 17.3 Å². The van der Waals surface area contributed by atoms with E-state index in [0.717, 1.165) is 16.7 Å². The smallest absolute Gasteiger partial charge is 0.244 e. The van der Waals surface area contributed by atoms with Gasteiger partial charge >= 0.3 is 0 Å². The molecule has 0 aliphatic carbocycles. The van der Waals surface area contributed by atoms with Gasteiger partial charge in [0.05, 0.1) is 12.6 Å². The lowest BCUT2D eigenvalue weighted by Gasteiger charge is -2.05. The highest BCUT2D eigenvalue weighted by molar-refractivity contribution is 5.82. The van der Waals surface area contributed by atoms with Crippen molar-refractivity contribution in [2.24, 2.45) is 5.10 Å². The average Bonchev–Trinajstić information content (AvgIpc) is 3.07. The van der Waals surface area contributed by atoms with Gasteiger partial charge in [0.15, 0.2) is 0 Å². The lowest BCUT2D eigenvalue weighted by molar-refractivity contribution is -0.120. The van der Waals surface area contributed by atoms with Crippen LogP contribution in [0.1, 0.15) is 22.5 Å². The standard InChI is InChI=1S/C21H19FN2O2/c1-14-3-4-17(15(2)11-14)12-21(25)24-23-13-19-9-10-20(26-19)16-5-7-18(22)8-6-16/h3-11,13H,12H2,1-2H3,(H,24,25)/b23-13+. The predicted molar refractivity (Wildman–Crippen MR) is 99.5 cm³/mol. The third-order valence-corrected chi connectivity index (χ3v) is 3.99. The lowest BCUT2D eigenvalue weighted by atomic mass is 10.0. The molecule has 0 radical (unpaired) electrons. The Hall–Kier alpha value is -3.21. The van der Waals surface area contributed by atoms with E-state index in [9.17, 15) is 9.18 Å². The summed E-state index contributed by atoms with van der Waals surface area (Å²) in [6.45, 7) is 4.00. The van der Waals surface area contributed by atoms with Gasteiger partial charge < -0.3 is 4.42 Å². The molecule has 0 saturated carbocycles. The van der Waals surface area contributed by atoms with Crippen molar-refractivity contribution in [1.82, 2.24) is 5.43 Å². The number of carbonyl (C=O) groups is 1. The number of halogens is 1. The Labute approximate surface area is 151 Å². The molecule has 0 spiro atoms. The van der Waals surface area contributed by atoms with Crippen molar-refractivity contribution in [2.75, 3.05) is 0 Å². The molecule has 0 aliphatic rings. The van der Waals surface area contributed by atoms with Crippen molar-refractivity contribution in [3.05, 3.63) is 82.9 Å². The van der Waals surface area contributed by atoms with Crippen molar-refractivity contribution in [3.63, 3.8) is 0 Å². The van der Waals surface area contributed by atoms with Crippen LogP contribution >= 0.6 is 0 Å². The highest BCUT2D eigenvalue weighted by atomic mass is 19.1. The predicted octanol–water partition coefficient (Wildman–Crippen LogP) is 4.40. The van der Waals surface area contributed by atoms with Crippen molar-refractivity contribution in [2.45, 2.75) is 20.3 Å². The quantitative estimate of drug-likeness (QED) is 0.548. The Balaban J connectivity index is 1.58. The van der Waals surface area contributed by atoms with Crippen molar-refractivity contribution < 1.29 is 13.6 Å². The molecule has 1 aromatic heterocycles. The van der Waals surface area contributed by atoms with Gasteiger partial charge in [-0.15, -0.1) is 0 Å². The first-order valence-corrected chi connectivity index (χ1v) is 8.25. The molecule has 1 N–H and O–H groups in total. The third-order valence-electron chi connectivity index (χ3n) is 3.99. The van der Waals surface area contributed by atoms with E-state index < -0.39 is 0 Å². The molecule has 0 bridgehead atoms. The average molecular weight is 350 g/mol. The van der Waals surface area contributed by atoms with Gasteiger partial charge in [-0.1, -0.05) is 23.8 Å². The summed E-state index contributed by atoms with van der Waals surface area (Å²) in [5, 5.41) is 3.93. The zero-order valence-corrected chi connectivity index (χ0v) is 14.6. The number of rotatable bonds is 5. The number of hydrazone groups is 1. The molecule has 3 aromatic rings. The number of nitrogens with one attached hydrogen (secondary N) is 1. The fourth-order valence-corrected chi connectivity index (χ4v) is 2.62. The summed E-state index contributed by atoms with van der Waals surface area (Å²) in [6.07, 6.45) is 1.70. The first-order valence-electron chi connectivity index (χ1n) is 8.25. The Bertz CT molecular complexity index is 943. The van der Waals surface area contributed by atoms with E-state index in [4.69, 9.17) is 4.42 Å². The molecular weight excluding hydrogens is 331 g/mol. The number of hydrogen-bond acceptors (Lipinski definition) is 3. The van der Waals surface area contributed by atoms with E-state index in [1.165, 1.54) is 23.9 Å². The second kappa shape index (κ2) is 7.78. The summed E-state index contributed by atoms with van der Waals surface area (Å²) in [5.74, 6) is 0.608. The van der Waals surface area contributed by atoms with Gasteiger partial charge in [-0.05, 0) is 61.4 Å². The number of furan rings is 1. The number of amides is 1. The van der Waals surface area contributed by atoms with Crippen LogP contribution in [-0.4, -0.2) is 12.1 Å². The Kier molecular flexibility index (Phi) is 5.27. The fourth-order valence-electron chi connectivity index (χ4n) is 2.62. The molecule has 0 aliphatic heterocycles. The maximum Gasteiger partial charge on any atom is 0.244 e. The number of carbonyl (C=O) groups excluding carboxylic acids is 1. The van der Waals surface area contributed by atoms with Crippen LogP contribution in [-0.2, 0) is 11.2 Å². The first-order chi connectivity index (χ1) is 12.5. The van der Waals surface area contributed by atoms with E-state index in [1.54, 1.807) is 24.3 Å². The van der Waals surface area contributed by atoms with Crippen LogP contribution in [0.3, 0.4) is 0 Å². The zero-order chi connectivity index (χ0) is 18.5. The van der Waals surface area contributed by atoms with Crippen LogP contribution in [0.5, 0.6) is 0 Å². The second-order valence-electron chi connectivity index (χ2n) is 6.11. The zero-order valence-electron chi connectivity index (χ0n) is 14.6. The lowest BCUT2D eigenvalue weighted by Crippen LogP contribution is -2.20. The molecule has 0 atom stereocenters. The highest BCUT2D eigenvalue weighted by Gasteiger charge is 2.06. The van der Waals surface area contributed by atoms with E-state index in [0.29, 0.717) is 11.5 Å². The molecule has 0 fully saturated rings. The molecule has 132 valence electrons. The van der Waals surface area contributed by atoms with Gasteiger partial charge in [0.25, 0.3) is 0 Å². The van der Waals surface area contributed by atoms with Crippen molar-refractivity contribution in [3.8, 4) is 11.3 Å². The minimum absolute atomic E-state index is 0.196. The van der Waals surface area contributed by atoms with Gasteiger partial charge in [0, 0.05) is 5.56 Å². The third kappa shape index (κ3) is 4.45. The largest absolute Gasteiger partial charge is 0.455 e. The molecule has 2 aromatic carbocycles. The Morgan fingerprint density at radius 2 is 1.88 bits per heavy atom. The highest BCUT2D eigenvalue weighted by Crippen LogP contribution is 2.21. The summed E-state index contributed by atoms with van der Waals surface area (Å²) >= 11 is 0. The van der Waals surface area contributed by atoms with Crippen LogP contribution in [0.25, 0.3) is 11.3 Å². The molecule has 4 nitrogen and oxygen atoms in total. The molecule has 3 rings (SSSR count). The van der Waals surface area contributed by atoms with E-state index in [1.807, 2.05) is 32.0 Å². The van der Waals surface area contributed by atoms with Crippen LogP contribution in [0.15, 0.2) is 64.1 Å². The Morgan fingerprint density at radius 1 is 1.12 bits per heavy atom. The summed E-state index contributed by atoms with van der Waals surface area (Å²) in [4.78, 5) is 12.0. The number of hydrogen-bond donors (Lipinski definition) is 1. The second-order valence-corrected chi connectivity index (χ2v) is 6.11. The maximum absolute atomic E-state index is 13.0. The van der Waals surface area contributed by atoms with Crippen molar-refractivity contribution in [1.29, 1.82) is 0 Å².